The smallest absolute Gasteiger partial charge is 0.0299 e. The summed E-state index contributed by atoms with van der Waals surface area (Å²) in [5, 5.41) is 3.58. The number of aromatic nitrogens is 1. The lowest BCUT2D eigenvalue weighted by atomic mass is 9.90. The zero-order valence-corrected chi connectivity index (χ0v) is 10.9. The predicted octanol–water partition coefficient (Wildman–Crippen LogP) is 3.04. The first-order chi connectivity index (χ1) is 8.40. The van der Waals surface area contributed by atoms with Crippen molar-refractivity contribution in [2.75, 3.05) is 13.1 Å². The van der Waals surface area contributed by atoms with Crippen LogP contribution in [-0.4, -0.2) is 18.1 Å². The van der Waals surface area contributed by atoms with Gasteiger partial charge in [-0.1, -0.05) is 19.4 Å². The minimum absolute atomic E-state index is 0.864. The maximum atomic E-state index is 4.21. The van der Waals surface area contributed by atoms with Gasteiger partial charge in [0.1, 0.15) is 0 Å². The minimum Gasteiger partial charge on any atom is -0.316 e. The summed E-state index contributed by atoms with van der Waals surface area (Å²) in [5.41, 5.74) is 1.40. The molecule has 2 heteroatoms. The first-order valence-corrected chi connectivity index (χ1v) is 6.99. The zero-order valence-electron chi connectivity index (χ0n) is 10.9. The van der Waals surface area contributed by atoms with Crippen molar-refractivity contribution in [3.8, 4) is 0 Å². The molecule has 0 radical (unpaired) electrons. The highest BCUT2D eigenvalue weighted by molar-refractivity contribution is 5.10. The molecule has 1 fully saturated rings. The number of nitrogens with zero attached hydrogens (tertiary/aromatic N) is 1. The van der Waals surface area contributed by atoms with Gasteiger partial charge in [-0.05, 0) is 62.2 Å². The van der Waals surface area contributed by atoms with Gasteiger partial charge in [-0.15, -0.1) is 0 Å². The van der Waals surface area contributed by atoms with E-state index in [0.29, 0.717) is 0 Å². The third kappa shape index (κ3) is 3.81. The zero-order chi connectivity index (χ0) is 11.9. The van der Waals surface area contributed by atoms with E-state index in [0.717, 1.165) is 18.4 Å². The summed E-state index contributed by atoms with van der Waals surface area (Å²) in [4.78, 5) is 4.21. The molecule has 94 valence electrons. The molecule has 2 nitrogen and oxygen atoms in total. The molecule has 0 bridgehead atoms. The highest BCUT2D eigenvalue weighted by Gasteiger charge is 2.26. The van der Waals surface area contributed by atoms with E-state index in [2.05, 4.69) is 29.4 Å². The summed E-state index contributed by atoms with van der Waals surface area (Å²) in [7, 11) is 0. The van der Waals surface area contributed by atoms with Crippen molar-refractivity contribution in [2.24, 2.45) is 11.8 Å². The molecule has 2 atom stereocenters. The molecule has 1 aliphatic carbocycles. The lowest BCUT2D eigenvalue weighted by Crippen LogP contribution is -2.26. The normalized spacial score (nSPS) is 24.1. The fraction of sp³-hybridized carbons (Fsp3) is 0.667. The van der Waals surface area contributed by atoms with Gasteiger partial charge in [-0.2, -0.15) is 0 Å². The molecule has 1 N–H and O–H groups in total. The number of pyridine rings is 1. The Hall–Kier alpha value is -0.890. The first-order valence-electron chi connectivity index (χ1n) is 6.99. The molecule has 1 aromatic rings. The third-order valence-electron chi connectivity index (χ3n) is 3.87. The molecule has 1 heterocycles. The van der Waals surface area contributed by atoms with Crippen LogP contribution in [0.15, 0.2) is 24.5 Å². The van der Waals surface area contributed by atoms with Gasteiger partial charge in [0.15, 0.2) is 0 Å². The van der Waals surface area contributed by atoms with E-state index in [1.54, 1.807) is 0 Å². The third-order valence-corrected chi connectivity index (χ3v) is 3.87. The summed E-state index contributed by atoms with van der Waals surface area (Å²) in [6.07, 6.45) is 10.5. The molecule has 0 spiro atoms. The highest BCUT2D eigenvalue weighted by atomic mass is 14.9. The monoisotopic (exact) mass is 232 g/mol. The van der Waals surface area contributed by atoms with Crippen LogP contribution in [0.4, 0.5) is 0 Å². The molecule has 1 aliphatic rings. The van der Waals surface area contributed by atoms with Crippen molar-refractivity contribution in [3.63, 3.8) is 0 Å². The fourth-order valence-electron chi connectivity index (χ4n) is 2.94. The number of rotatable bonds is 6. The minimum atomic E-state index is 0.864. The van der Waals surface area contributed by atoms with E-state index in [-0.39, 0.29) is 0 Å². The van der Waals surface area contributed by atoms with Crippen molar-refractivity contribution in [2.45, 2.75) is 39.0 Å². The first kappa shape index (κ1) is 12.6. The average molecular weight is 232 g/mol. The van der Waals surface area contributed by atoms with Crippen molar-refractivity contribution in [1.29, 1.82) is 0 Å². The topological polar surface area (TPSA) is 24.9 Å². The van der Waals surface area contributed by atoms with Crippen LogP contribution in [0.25, 0.3) is 0 Å². The van der Waals surface area contributed by atoms with E-state index >= 15 is 0 Å². The van der Waals surface area contributed by atoms with Crippen molar-refractivity contribution < 1.29 is 0 Å². The lowest BCUT2D eigenvalue weighted by Gasteiger charge is -2.20. The van der Waals surface area contributed by atoms with Crippen LogP contribution in [0, 0.1) is 11.8 Å². The molecule has 0 aromatic carbocycles. The Balaban J connectivity index is 1.82. The molecular formula is C15H24N2. The second-order valence-electron chi connectivity index (χ2n) is 5.22. The SMILES string of the molecule is CCCNCC1CCCC1Cc1cccnc1. The van der Waals surface area contributed by atoms with Crippen molar-refractivity contribution >= 4 is 0 Å². The van der Waals surface area contributed by atoms with Crippen LogP contribution in [0.2, 0.25) is 0 Å². The van der Waals surface area contributed by atoms with Gasteiger partial charge in [-0.25, -0.2) is 0 Å². The summed E-state index contributed by atoms with van der Waals surface area (Å²) in [6.45, 7) is 4.60. The van der Waals surface area contributed by atoms with E-state index in [1.165, 1.54) is 44.2 Å². The lowest BCUT2D eigenvalue weighted by molar-refractivity contribution is 0.365. The summed E-state index contributed by atoms with van der Waals surface area (Å²) in [5.74, 6) is 1.74. The summed E-state index contributed by atoms with van der Waals surface area (Å²) >= 11 is 0. The van der Waals surface area contributed by atoms with E-state index in [9.17, 15) is 0 Å². The summed E-state index contributed by atoms with van der Waals surface area (Å²) < 4.78 is 0. The van der Waals surface area contributed by atoms with E-state index < -0.39 is 0 Å². The Labute approximate surface area is 105 Å². The molecular weight excluding hydrogens is 208 g/mol. The van der Waals surface area contributed by atoms with Crippen LogP contribution in [0.1, 0.15) is 38.2 Å². The number of hydrogen-bond donors (Lipinski definition) is 1. The van der Waals surface area contributed by atoms with Gasteiger partial charge in [0.25, 0.3) is 0 Å². The summed E-state index contributed by atoms with van der Waals surface area (Å²) in [6, 6.07) is 4.26. The van der Waals surface area contributed by atoms with E-state index in [4.69, 9.17) is 0 Å². The van der Waals surface area contributed by atoms with Gasteiger partial charge >= 0.3 is 0 Å². The second-order valence-corrected chi connectivity index (χ2v) is 5.22. The second kappa shape index (κ2) is 6.75. The fourth-order valence-corrected chi connectivity index (χ4v) is 2.94. The van der Waals surface area contributed by atoms with Crippen molar-refractivity contribution in [3.05, 3.63) is 30.1 Å². The molecule has 2 unspecified atom stereocenters. The van der Waals surface area contributed by atoms with Crippen LogP contribution in [0.3, 0.4) is 0 Å². The maximum absolute atomic E-state index is 4.21. The predicted molar refractivity (Wildman–Crippen MR) is 71.9 cm³/mol. The van der Waals surface area contributed by atoms with Gasteiger partial charge < -0.3 is 5.32 Å². The van der Waals surface area contributed by atoms with Gasteiger partial charge in [-0.3, -0.25) is 4.98 Å². The Bertz CT molecular complexity index is 310. The van der Waals surface area contributed by atoms with Gasteiger partial charge in [0.05, 0.1) is 0 Å². The Morgan fingerprint density at radius 1 is 1.35 bits per heavy atom. The van der Waals surface area contributed by atoms with E-state index in [1.807, 2.05) is 12.4 Å². The van der Waals surface area contributed by atoms with Crippen LogP contribution in [0.5, 0.6) is 0 Å². The quantitative estimate of drug-likeness (QED) is 0.763. The Morgan fingerprint density at radius 2 is 2.24 bits per heavy atom. The maximum Gasteiger partial charge on any atom is 0.0299 e. The Morgan fingerprint density at radius 3 is 3.00 bits per heavy atom. The average Bonchev–Trinajstić information content (AvgIpc) is 2.79. The van der Waals surface area contributed by atoms with Crippen molar-refractivity contribution in [1.82, 2.24) is 10.3 Å². The van der Waals surface area contributed by atoms with Gasteiger partial charge in [0.2, 0.25) is 0 Å². The standard InChI is InChI=1S/C15H24N2/c1-2-8-16-12-15-7-3-6-14(15)10-13-5-4-9-17-11-13/h4-5,9,11,14-16H,2-3,6-8,10,12H2,1H3. The molecule has 2 rings (SSSR count). The molecule has 17 heavy (non-hydrogen) atoms. The number of hydrogen-bond acceptors (Lipinski definition) is 2. The van der Waals surface area contributed by atoms with Crippen LogP contribution in [-0.2, 0) is 6.42 Å². The molecule has 1 saturated carbocycles. The largest absolute Gasteiger partial charge is 0.316 e. The molecule has 0 aliphatic heterocycles. The van der Waals surface area contributed by atoms with Crippen LogP contribution >= 0.6 is 0 Å². The molecule has 0 amide bonds. The van der Waals surface area contributed by atoms with Crippen LogP contribution < -0.4 is 5.32 Å². The van der Waals surface area contributed by atoms with Gasteiger partial charge in [0, 0.05) is 12.4 Å². The highest BCUT2D eigenvalue weighted by Crippen LogP contribution is 2.33. The molecule has 0 saturated heterocycles. The number of nitrogens with one attached hydrogen (secondary N) is 1. The molecule has 1 aromatic heterocycles. The Kier molecular flexibility index (Phi) is 4.99.